The van der Waals surface area contributed by atoms with E-state index >= 15 is 0 Å². The molecule has 1 aliphatic carbocycles. The third-order valence-corrected chi connectivity index (χ3v) is 5.89. The summed E-state index contributed by atoms with van der Waals surface area (Å²) in [6, 6.07) is 11.9. The maximum atomic E-state index is 10.7. The van der Waals surface area contributed by atoms with Gasteiger partial charge in [-0.1, -0.05) is 18.9 Å². The fourth-order valence-corrected chi connectivity index (χ4v) is 4.18. The molecule has 0 aromatic heterocycles. The first-order valence-electron chi connectivity index (χ1n) is 10.5. The number of nitrogens with zero attached hydrogens (tertiary/aromatic N) is 1. The highest BCUT2D eigenvalue weighted by molar-refractivity contribution is 5.45. The van der Waals surface area contributed by atoms with E-state index in [-0.39, 0.29) is 17.7 Å². The second-order valence-corrected chi connectivity index (χ2v) is 7.90. The molecule has 0 bridgehead atoms. The summed E-state index contributed by atoms with van der Waals surface area (Å²) in [7, 11) is 3.27. The predicted octanol–water partition coefficient (Wildman–Crippen LogP) is 3.45. The van der Waals surface area contributed by atoms with E-state index in [1.807, 2.05) is 6.07 Å². The van der Waals surface area contributed by atoms with Crippen molar-refractivity contribution >= 4 is 5.69 Å². The van der Waals surface area contributed by atoms with Gasteiger partial charge in [-0.05, 0) is 42.7 Å². The normalized spacial score (nSPS) is 16.0. The van der Waals surface area contributed by atoms with Crippen LogP contribution >= 0.6 is 0 Å². The summed E-state index contributed by atoms with van der Waals surface area (Å²) >= 11 is 0. The Kier molecular flexibility index (Phi) is 7.70. The lowest BCUT2D eigenvalue weighted by Crippen LogP contribution is -2.40. The Morgan fingerprint density at radius 1 is 1.10 bits per heavy atom. The van der Waals surface area contributed by atoms with Gasteiger partial charge in [0.2, 0.25) is 0 Å². The van der Waals surface area contributed by atoms with Gasteiger partial charge in [0.15, 0.2) is 11.5 Å². The summed E-state index contributed by atoms with van der Waals surface area (Å²) in [6.45, 7) is 1.24. The molecule has 8 nitrogen and oxygen atoms in total. The van der Waals surface area contributed by atoms with Crippen LogP contribution in [0.5, 0.6) is 17.2 Å². The lowest BCUT2D eigenvalue weighted by atomic mass is 9.78. The number of non-ortho nitro benzene ring substituents is 1. The zero-order valence-electron chi connectivity index (χ0n) is 18.0. The van der Waals surface area contributed by atoms with Crippen molar-refractivity contribution in [2.45, 2.75) is 37.2 Å². The van der Waals surface area contributed by atoms with E-state index in [9.17, 15) is 15.2 Å². The molecular weight excluding hydrogens is 400 g/mol. The highest BCUT2D eigenvalue weighted by atomic mass is 16.6. The molecule has 1 atom stereocenters. The van der Waals surface area contributed by atoms with E-state index in [2.05, 4.69) is 17.4 Å². The largest absolute Gasteiger partial charge is 0.493 e. The second kappa shape index (κ2) is 10.5. The van der Waals surface area contributed by atoms with Crippen molar-refractivity contribution in [2.75, 3.05) is 33.9 Å². The number of nitrogens with one attached hydrogen (secondary N) is 1. The van der Waals surface area contributed by atoms with E-state index in [1.54, 1.807) is 14.2 Å². The molecule has 31 heavy (non-hydrogen) atoms. The molecule has 0 aliphatic heterocycles. The van der Waals surface area contributed by atoms with E-state index < -0.39 is 11.0 Å². The number of hydrogen-bond acceptors (Lipinski definition) is 7. The van der Waals surface area contributed by atoms with Crippen LogP contribution in [0.1, 0.15) is 31.2 Å². The molecule has 1 fully saturated rings. The molecule has 2 aromatic carbocycles. The van der Waals surface area contributed by atoms with Crippen molar-refractivity contribution in [1.82, 2.24) is 5.32 Å². The average molecular weight is 431 g/mol. The molecule has 0 amide bonds. The number of aliphatic hydroxyl groups is 1. The van der Waals surface area contributed by atoms with Gasteiger partial charge >= 0.3 is 0 Å². The molecule has 1 aliphatic rings. The Morgan fingerprint density at radius 2 is 1.77 bits per heavy atom. The average Bonchev–Trinajstić information content (AvgIpc) is 3.27. The molecule has 2 aromatic rings. The molecule has 0 unspecified atom stereocenters. The van der Waals surface area contributed by atoms with Crippen molar-refractivity contribution in [2.24, 2.45) is 0 Å². The van der Waals surface area contributed by atoms with Gasteiger partial charge in [0.25, 0.3) is 5.69 Å². The number of nitro groups is 1. The van der Waals surface area contributed by atoms with Gasteiger partial charge in [-0.15, -0.1) is 0 Å². The van der Waals surface area contributed by atoms with Gasteiger partial charge in [-0.2, -0.15) is 0 Å². The van der Waals surface area contributed by atoms with E-state index in [4.69, 9.17) is 14.2 Å². The van der Waals surface area contributed by atoms with Crippen molar-refractivity contribution in [3.05, 3.63) is 58.1 Å². The van der Waals surface area contributed by atoms with Crippen molar-refractivity contribution in [3.63, 3.8) is 0 Å². The van der Waals surface area contributed by atoms with Crippen LogP contribution in [0.25, 0.3) is 0 Å². The minimum Gasteiger partial charge on any atom is -0.493 e. The van der Waals surface area contributed by atoms with Crippen molar-refractivity contribution in [3.8, 4) is 17.2 Å². The molecule has 3 rings (SSSR count). The molecule has 0 spiro atoms. The number of methoxy groups -OCH3 is 2. The molecule has 0 radical (unpaired) electrons. The lowest BCUT2D eigenvalue weighted by molar-refractivity contribution is -0.384. The van der Waals surface area contributed by atoms with E-state index in [1.165, 1.54) is 42.7 Å². The summed E-state index contributed by atoms with van der Waals surface area (Å²) in [5, 5.41) is 24.4. The molecule has 0 saturated heterocycles. The Balaban J connectivity index is 1.54. The Labute approximate surface area is 182 Å². The zero-order chi connectivity index (χ0) is 22.3. The van der Waals surface area contributed by atoms with Crippen LogP contribution in [0.4, 0.5) is 5.69 Å². The zero-order valence-corrected chi connectivity index (χ0v) is 18.0. The molecule has 2 N–H and O–H groups in total. The van der Waals surface area contributed by atoms with Crippen LogP contribution in [0.3, 0.4) is 0 Å². The first kappa shape index (κ1) is 22.8. The third-order valence-electron chi connectivity index (χ3n) is 5.89. The molecule has 168 valence electrons. The number of aliphatic hydroxyl groups excluding tert-OH is 1. The number of nitro benzene ring substituents is 1. The SMILES string of the molecule is COc1ccc(C2(CNC[C@H](O)COc3ccc([N+](=O)[O-])cc3)CCCC2)cc1OC. The van der Waals surface area contributed by atoms with Crippen LogP contribution in [0.15, 0.2) is 42.5 Å². The maximum absolute atomic E-state index is 10.7. The van der Waals surface area contributed by atoms with Crippen LogP contribution < -0.4 is 19.5 Å². The summed E-state index contributed by atoms with van der Waals surface area (Å²) in [4.78, 5) is 10.2. The standard InChI is InChI=1S/C23H30N2O6/c1-29-21-10-5-17(13-22(21)30-2)23(11-3-4-12-23)16-24-14-19(26)15-31-20-8-6-18(7-9-20)25(27)28/h5-10,13,19,24,26H,3-4,11-12,14-16H2,1-2H3/t19-/m0/s1. The Bertz CT molecular complexity index is 865. The minimum atomic E-state index is -0.695. The van der Waals surface area contributed by atoms with Crippen LogP contribution in [-0.4, -0.2) is 50.0 Å². The predicted molar refractivity (Wildman–Crippen MR) is 117 cm³/mol. The second-order valence-electron chi connectivity index (χ2n) is 7.90. The molecular formula is C23H30N2O6. The smallest absolute Gasteiger partial charge is 0.269 e. The number of rotatable bonds is 11. The van der Waals surface area contributed by atoms with Crippen LogP contribution in [-0.2, 0) is 5.41 Å². The minimum absolute atomic E-state index is 0.00149. The third kappa shape index (κ3) is 5.65. The first-order chi connectivity index (χ1) is 15.0. The fourth-order valence-electron chi connectivity index (χ4n) is 4.18. The van der Waals surface area contributed by atoms with E-state index in [0.717, 1.165) is 25.1 Å². The Morgan fingerprint density at radius 3 is 2.39 bits per heavy atom. The first-order valence-corrected chi connectivity index (χ1v) is 10.5. The lowest BCUT2D eigenvalue weighted by Gasteiger charge is -2.31. The Hall–Kier alpha value is -2.84. The van der Waals surface area contributed by atoms with Gasteiger partial charge in [0, 0.05) is 30.6 Å². The summed E-state index contributed by atoms with van der Waals surface area (Å²) in [5.41, 5.74) is 1.22. The van der Waals surface area contributed by atoms with Crippen LogP contribution in [0, 0.1) is 10.1 Å². The van der Waals surface area contributed by atoms with Gasteiger partial charge < -0.3 is 24.6 Å². The molecule has 8 heteroatoms. The van der Waals surface area contributed by atoms with Crippen molar-refractivity contribution < 1.29 is 24.2 Å². The van der Waals surface area contributed by atoms with Gasteiger partial charge in [0.05, 0.1) is 19.1 Å². The summed E-state index contributed by atoms with van der Waals surface area (Å²) in [5.74, 6) is 1.93. The highest BCUT2D eigenvalue weighted by Gasteiger charge is 2.36. The van der Waals surface area contributed by atoms with Gasteiger partial charge in [0.1, 0.15) is 18.5 Å². The maximum Gasteiger partial charge on any atom is 0.269 e. The summed E-state index contributed by atoms with van der Waals surface area (Å²) in [6.07, 6.45) is 3.79. The monoisotopic (exact) mass is 430 g/mol. The topological polar surface area (TPSA) is 103 Å². The highest BCUT2D eigenvalue weighted by Crippen LogP contribution is 2.43. The molecule has 1 saturated carbocycles. The van der Waals surface area contributed by atoms with Gasteiger partial charge in [-0.25, -0.2) is 0 Å². The number of benzene rings is 2. The number of ether oxygens (including phenoxy) is 3. The summed E-state index contributed by atoms with van der Waals surface area (Å²) < 4.78 is 16.4. The van der Waals surface area contributed by atoms with Gasteiger partial charge in [-0.3, -0.25) is 10.1 Å². The fraction of sp³-hybridized carbons (Fsp3) is 0.478. The van der Waals surface area contributed by atoms with Crippen molar-refractivity contribution in [1.29, 1.82) is 0 Å². The molecule has 0 heterocycles. The number of hydrogen-bond donors (Lipinski definition) is 2. The van der Waals surface area contributed by atoms with E-state index in [0.29, 0.717) is 18.0 Å². The quantitative estimate of drug-likeness (QED) is 0.416. The van der Waals surface area contributed by atoms with Crippen LogP contribution in [0.2, 0.25) is 0 Å².